The fourth-order valence-electron chi connectivity index (χ4n) is 2.63. The van der Waals surface area contributed by atoms with Gasteiger partial charge in [0, 0.05) is 27.1 Å². The molecule has 0 bridgehead atoms. The first-order chi connectivity index (χ1) is 9.79. The molecule has 3 heterocycles. The number of hydrogen-bond donors (Lipinski definition) is 0. The van der Waals surface area contributed by atoms with E-state index >= 15 is 0 Å². The van der Waals surface area contributed by atoms with Crippen LogP contribution < -0.4 is 0 Å². The van der Waals surface area contributed by atoms with Crippen LogP contribution in [0.25, 0.3) is 15.8 Å². The first-order valence-electron chi connectivity index (χ1n) is 6.32. The summed E-state index contributed by atoms with van der Waals surface area (Å²) in [6, 6.07) is 5.26. The molecule has 0 amide bonds. The van der Waals surface area contributed by atoms with Crippen molar-refractivity contribution >= 4 is 44.0 Å². The average Bonchev–Trinajstić information content (AvgIpc) is 3.14. The minimum atomic E-state index is -0.160. The van der Waals surface area contributed by atoms with Crippen molar-refractivity contribution in [2.75, 3.05) is 13.1 Å². The molecule has 0 atom stereocenters. The lowest BCUT2D eigenvalue weighted by Gasteiger charge is -2.17. The van der Waals surface area contributed by atoms with Gasteiger partial charge in [-0.15, -0.1) is 11.3 Å². The van der Waals surface area contributed by atoms with Crippen LogP contribution in [0.4, 0.5) is 4.39 Å². The van der Waals surface area contributed by atoms with Gasteiger partial charge in [0.2, 0.25) is 0 Å². The zero-order valence-corrected chi connectivity index (χ0v) is 12.2. The largest absolute Gasteiger partial charge is 0.317 e. The molecule has 4 rings (SSSR count). The lowest BCUT2D eigenvalue weighted by Crippen LogP contribution is -2.20. The summed E-state index contributed by atoms with van der Waals surface area (Å²) >= 11 is 3.23. The highest BCUT2D eigenvalue weighted by Gasteiger charge is 2.32. The SMILES string of the molecule is C=CC1=C(c2ccc(F)c3ccsc23)N2CCN=C2S1. The van der Waals surface area contributed by atoms with Crippen LogP contribution in [-0.2, 0) is 0 Å². The highest BCUT2D eigenvalue weighted by molar-refractivity contribution is 8.17. The van der Waals surface area contributed by atoms with Gasteiger partial charge in [0.05, 0.1) is 12.2 Å². The summed E-state index contributed by atoms with van der Waals surface area (Å²) < 4.78 is 14.9. The van der Waals surface area contributed by atoms with Crippen LogP contribution in [0.5, 0.6) is 0 Å². The summed E-state index contributed by atoms with van der Waals surface area (Å²) in [5.41, 5.74) is 2.19. The van der Waals surface area contributed by atoms with E-state index < -0.39 is 0 Å². The number of hydrogen-bond acceptors (Lipinski definition) is 4. The van der Waals surface area contributed by atoms with Crippen molar-refractivity contribution in [2.45, 2.75) is 0 Å². The van der Waals surface area contributed by atoms with Crippen molar-refractivity contribution in [2.24, 2.45) is 4.99 Å². The number of halogens is 1. The van der Waals surface area contributed by atoms with Crippen molar-refractivity contribution < 1.29 is 4.39 Å². The maximum atomic E-state index is 13.9. The third-order valence-electron chi connectivity index (χ3n) is 3.51. The molecule has 0 fully saturated rings. The van der Waals surface area contributed by atoms with Gasteiger partial charge < -0.3 is 4.90 Å². The van der Waals surface area contributed by atoms with Crippen LogP contribution in [0.3, 0.4) is 0 Å². The number of rotatable bonds is 2. The number of thioether (sulfide) groups is 1. The van der Waals surface area contributed by atoms with Crippen molar-refractivity contribution in [1.82, 2.24) is 4.90 Å². The fourth-order valence-corrected chi connectivity index (χ4v) is 4.60. The summed E-state index contributed by atoms with van der Waals surface area (Å²) in [5.74, 6) is -0.160. The monoisotopic (exact) mass is 302 g/mol. The Labute approximate surface area is 124 Å². The average molecular weight is 302 g/mol. The van der Waals surface area contributed by atoms with Crippen molar-refractivity contribution in [3.8, 4) is 0 Å². The Kier molecular flexibility index (Phi) is 2.72. The third kappa shape index (κ3) is 1.60. The van der Waals surface area contributed by atoms with E-state index in [1.807, 2.05) is 23.6 Å². The molecule has 0 aliphatic carbocycles. The molecule has 100 valence electrons. The second-order valence-electron chi connectivity index (χ2n) is 4.59. The molecular formula is C15H11FN2S2. The Bertz CT molecular complexity index is 788. The molecule has 1 aromatic carbocycles. The fraction of sp³-hybridized carbons (Fsp3) is 0.133. The van der Waals surface area contributed by atoms with E-state index in [4.69, 9.17) is 0 Å². The molecule has 1 aromatic heterocycles. The van der Waals surface area contributed by atoms with E-state index in [1.165, 1.54) is 0 Å². The minimum absolute atomic E-state index is 0.160. The van der Waals surface area contributed by atoms with E-state index in [2.05, 4.69) is 16.5 Å². The first-order valence-corrected chi connectivity index (χ1v) is 8.02. The predicted octanol–water partition coefficient (Wildman–Crippen LogP) is 4.31. The summed E-state index contributed by atoms with van der Waals surface area (Å²) in [5, 5.41) is 3.66. The normalized spacial score (nSPS) is 17.9. The predicted molar refractivity (Wildman–Crippen MR) is 85.5 cm³/mol. The van der Waals surface area contributed by atoms with Gasteiger partial charge in [0.1, 0.15) is 5.82 Å². The van der Waals surface area contributed by atoms with Gasteiger partial charge in [-0.3, -0.25) is 4.99 Å². The summed E-state index contributed by atoms with van der Waals surface area (Å²) in [7, 11) is 0. The number of aliphatic imine (C=N–C) groups is 1. The van der Waals surface area contributed by atoms with E-state index in [9.17, 15) is 4.39 Å². The zero-order valence-electron chi connectivity index (χ0n) is 10.6. The number of fused-ring (bicyclic) bond motifs is 2. The maximum Gasteiger partial charge on any atom is 0.168 e. The molecule has 0 N–H and O–H groups in total. The summed E-state index contributed by atoms with van der Waals surface area (Å²) in [6.45, 7) is 5.61. The lowest BCUT2D eigenvalue weighted by atomic mass is 10.1. The number of benzene rings is 1. The molecule has 2 aliphatic heterocycles. The Morgan fingerprint density at radius 3 is 3.10 bits per heavy atom. The molecule has 0 saturated carbocycles. The van der Waals surface area contributed by atoms with Gasteiger partial charge in [-0.05, 0) is 35.3 Å². The van der Waals surface area contributed by atoms with Gasteiger partial charge in [-0.2, -0.15) is 0 Å². The molecule has 2 nitrogen and oxygen atoms in total. The molecule has 2 aliphatic rings. The molecule has 5 heteroatoms. The van der Waals surface area contributed by atoms with Crippen molar-refractivity contribution in [3.63, 3.8) is 0 Å². The molecule has 2 aromatic rings. The number of allylic oxidation sites excluding steroid dienone is 1. The second kappa shape index (κ2) is 4.46. The van der Waals surface area contributed by atoms with E-state index in [1.54, 1.807) is 29.2 Å². The number of thiophene rings is 1. The van der Waals surface area contributed by atoms with Crippen LogP contribution >= 0.6 is 23.1 Å². The molecule has 20 heavy (non-hydrogen) atoms. The minimum Gasteiger partial charge on any atom is -0.317 e. The van der Waals surface area contributed by atoms with Crippen LogP contribution in [0, 0.1) is 5.82 Å². The summed E-state index contributed by atoms with van der Waals surface area (Å²) in [6.07, 6.45) is 1.86. The van der Waals surface area contributed by atoms with Crippen molar-refractivity contribution in [1.29, 1.82) is 0 Å². The van der Waals surface area contributed by atoms with E-state index in [0.29, 0.717) is 5.39 Å². The second-order valence-corrected chi connectivity index (χ2v) is 6.52. The van der Waals surface area contributed by atoms with Gasteiger partial charge >= 0.3 is 0 Å². The Morgan fingerprint density at radius 2 is 2.25 bits per heavy atom. The molecule has 0 unspecified atom stereocenters. The third-order valence-corrected chi connectivity index (χ3v) is 5.57. The van der Waals surface area contributed by atoms with Gasteiger partial charge in [-0.25, -0.2) is 4.39 Å². The standard InChI is InChI=1S/C15H11FN2S2/c1-2-12-13(18-7-6-17-15(18)20-12)10-3-4-11(16)9-5-8-19-14(9)10/h2-5,8H,1,6-7H2. The Hall–Kier alpha value is -1.59. The molecule has 0 spiro atoms. The van der Waals surface area contributed by atoms with Crippen LogP contribution in [0.1, 0.15) is 5.56 Å². The summed E-state index contributed by atoms with van der Waals surface area (Å²) in [4.78, 5) is 7.82. The Balaban J connectivity index is 1.98. The number of nitrogens with zero attached hydrogens (tertiary/aromatic N) is 2. The van der Waals surface area contributed by atoms with Gasteiger partial charge in [0.25, 0.3) is 0 Å². The van der Waals surface area contributed by atoms with Gasteiger partial charge in [-0.1, -0.05) is 12.7 Å². The first kappa shape index (κ1) is 12.2. The Morgan fingerprint density at radius 1 is 1.35 bits per heavy atom. The van der Waals surface area contributed by atoms with E-state index in [-0.39, 0.29) is 5.82 Å². The smallest absolute Gasteiger partial charge is 0.168 e. The molecular weight excluding hydrogens is 291 g/mol. The highest BCUT2D eigenvalue weighted by Crippen LogP contribution is 2.44. The maximum absolute atomic E-state index is 13.9. The lowest BCUT2D eigenvalue weighted by molar-refractivity contribution is 0.637. The van der Waals surface area contributed by atoms with Crippen LogP contribution in [0.2, 0.25) is 0 Å². The van der Waals surface area contributed by atoms with Crippen molar-refractivity contribution in [3.05, 3.63) is 52.5 Å². The van der Waals surface area contributed by atoms with Gasteiger partial charge in [0.15, 0.2) is 5.17 Å². The highest BCUT2D eigenvalue weighted by atomic mass is 32.2. The quantitative estimate of drug-likeness (QED) is 0.821. The van der Waals surface area contributed by atoms with Crippen LogP contribution in [-0.4, -0.2) is 23.2 Å². The molecule has 0 saturated heterocycles. The molecule has 0 radical (unpaired) electrons. The zero-order chi connectivity index (χ0) is 13.7. The number of amidine groups is 1. The van der Waals surface area contributed by atoms with E-state index in [0.717, 1.165) is 39.1 Å². The van der Waals surface area contributed by atoms with Crippen LogP contribution in [0.15, 0.2) is 46.1 Å². The topological polar surface area (TPSA) is 15.6 Å².